The molecule has 0 saturated carbocycles. The van der Waals surface area contributed by atoms with E-state index in [1.165, 1.54) is 16.3 Å². The summed E-state index contributed by atoms with van der Waals surface area (Å²) in [4.78, 5) is 0. The lowest BCUT2D eigenvalue weighted by molar-refractivity contribution is 0.283. The summed E-state index contributed by atoms with van der Waals surface area (Å²) in [6.45, 7) is 2.17. The van der Waals surface area contributed by atoms with Gasteiger partial charge in [0.15, 0.2) is 0 Å². The quantitative estimate of drug-likeness (QED) is 0.732. The Labute approximate surface area is 109 Å². The molecule has 2 rings (SSSR count). The van der Waals surface area contributed by atoms with Gasteiger partial charge in [0.1, 0.15) is 0 Å². The maximum Gasteiger partial charge on any atom is 0.0431 e. The van der Waals surface area contributed by atoms with Gasteiger partial charge in [-0.1, -0.05) is 24.3 Å². The van der Waals surface area contributed by atoms with E-state index < -0.39 is 0 Å². The first-order valence-electron chi connectivity index (χ1n) is 6.61. The molecule has 0 spiro atoms. The third-order valence-corrected chi connectivity index (χ3v) is 3.07. The molecule has 1 radical (unpaired) electrons. The maximum atomic E-state index is 8.68. The van der Waals surface area contributed by atoms with Crippen LogP contribution in [-0.2, 0) is 6.54 Å². The molecule has 0 atom stereocenters. The number of hydrogen-bond acceptors (Lipinski definition) is 2. The average Bonchev–Trinajstić information content (AvgIpc) is 2.42. The highest BCUT2D eigenvalue weighted by molar-refractivity contribution is 5.82. The van der Waals surface area contributed by atoms with E-state index >= 15 is 0 Å². The van der Waals surface area contributed by atoms with Gasteiger partial charge in [0.2, 0.25) is 0 Å². The Morgan fingerprint density at radius 2 is 1.89 bits per heavy atom. The van der Waals surface area contributed by atoms with Crippen LogP contribution in [-0.4, -0.2) is 18.3 Å². The fourth-order valence-electron chi connectivity index (χ4n) is 2.04. The molecule has 0 heterocycles. The normalized spacial score (nSPS) is 10.9. The third-order valence-electron chi connectivity index (χ3n) is 3.07. The minimum Gasteiger partial charge on any atom is -0.396 e. The van der Waals surface area contributed by atoms with Crippen molar-refractivity contribution in [3.8, 4) is 0 Å². The van der Waals surface area contributed by atoms with E-state index in [2.05, 4.69) is 47.8 Å². The van der Waals surface area contributed by atoms with Crippen LogP contribution < -0.4 is 5.32 Å². The van der Waals surface area contributed by atoms with Gasteiger partial charge in [0.05, 0.1) is 0 Å². The van der Waals surface area contributed by atoms with Crippen molar-refractivity contribution in [1.29, 1.82) is 0 Å². The Morgan fingerprint density at radius 1 is 1.06 bits per heavy atom. The molecule has 0 aliphatic rings. The second-order valence-electron chi connectivity index (χ2n) is 4.55. The number of rotatable bonds is 7. The van der Waals surface area contributed by atoms with Crippen molar-refractivity contribution < 1.29 is 5.11 Å². The highest BCUT2D eigenvalue weighted by Crippen LogP contribution is 2.14. The number of hydrogen-bond donors (Lipinski definition) is 2. The first-order chi connectivity index (χ1) is 8.90. The lowest BCUT2D eigenvalue weighted by Crippen LogP contribution is -2.14. The van der Waals surface area contributed by atoms with E-state index in [0.717, 1.165) is 32.4 Å². The summed E-state index contributed by atoms with van der Waals surface area (Å²) in [5.74, 6) is 0. The molecule has 2 aromatic rings. The van der Waals surface area contributed by atoms with E-state index in [9.17, 15) is 0 Å². The number of benzene rings is 2. The SMILES string of the molecule is OCCCCCNCc1[c]cc2ccccc2c1. The fraction of sp³-hybridized carbons (Fsp3) is 0.375. The van der Waals surface area contributed by atoms with E-state index in [4.69, 9.17) is 5.11 Å². The van der Waals surface area contributed by atoms with Gasteiger partial charge in [0, 0.05) is 13.2 Å². The summed E-state index contributed by atoms with van der Waals surface area (Å²) in [5, 5.41) is 14.6. The smallest absolute Gasteiger partial charge is 0.0431 e. The van der Waals surface area contributed by atoms with Crippen LogP contribution in [0.4, 0.5) is 0 Å². The molecule has 0 aliphatic heterocycles. The van der Waals surface area contributed by atoms with Crippen LogP contribution in [0.25, 0.3) is 10.8 Å². The zero-order chi connectivity index (χ0) is 12.6. The second kappa shape index (κ2) is 7.14. The summed E-state index contributed by atoms with van der Waals surface area (Å²) >= 11 is 0. The number of unbranched alkanes of at least 4 members (excludes halogenated alkanes) is 2. The predicted molar refractivity (Wildman–Crippen MR) is 75.4 cm³/mol. The predicted octanol–water partition coefficient (Wildman–Crippen LogP) is 2.89. The first kappa shape index (κ1) is 13.1. The topological polar surface area (TPSA) is 32.3 Å². The molecule has 0 bridgehead atoms. The van der Waals surface area contributed by atoms with E-state index in [1.54, 1.807) is 0 Å². The summed E-state index contributed by atoms with van der Waals surface area (Å²) < 4.78 is 0. The Bertz CT molecular complexity index is 481. The Hall–Kier alpha value is -1.38. The first-order valence-corrected chi connectivity index (χ1v) is 6.61. The zero-order valence-electron chi connectivity index (χ0n) is 10.7. The van der Waals surface area contributed by atoms with Crippen molar-refractivity contribution in [1.82, 2.24) is 5.32 Å². The highest BCUT2D eigenvalue weighted by Gasteiger charge is 1.96. The molecule has 2 aromatic carbocycles. The van der Waals surface area contributed by atoms with Crippen molar-refractivity contribution in [2.24, 2.45) is 0 Å². The van der Waals surface area contributed by atoms with Crippen LogP contribution in [0.5, 0.6) is 0 Å². The average molecular weight is 242 g/mol. The molecule has 0 aromatic heterocycles. The number of aliphatic hydroxyl groups excluding tert-OH is 1. The Morgan fingerprint density at radius 3 is 2.72 bits per heavy atom. The van der Waals surface area contributed by atoms with Crippen molar-refractivity contribution in [3.05, 3.63) is 48.0 Å². The van der Waals surface area contributed by atoms with Crippen molar-refractivity contribution in [2.45, 2.75) is 25.8 Å². The minimum absolute atomic E-state index is 0.304. The summed E-state index contributed by atoms with van der Waals surface area (Å²) in [6.07, 6.45) is 3.11. The number of aliphatic hydroxyl groups is 1. The molecule has 2 N–H and O–H groups in total. The molecular weight excluding hydrogens is 222 g/mol. The molecule has 0 amide bonds. The maximum absolute atomic E-state index is 8.68. The summed E-state index contributed by atoms with van der Waals surface area (Å²) in [5.41, 5.74) is 1.20. The van der Waals surface area contributed by atoms with Crippen LogP contribution in [0.1, 0.15) is 24.8 Å². The molecule has 18 heavy (non-hydrogen) atoms. The van der Waals surface area contributed by atoms with E-state index in [0.29, 0.717) is 6.61 Å². The van der Waals surface area contributed by atoms with Gasteiger partial charge >= 0.3 is 0 Å². The minimum atomic E-state index is 0.304. The molecule has 0 aliphatic carbocycles. The van der Waals surface area contributed by atoms with Gasteiger partial charge in [-0.2, -0.15) is 0 Å². The van der Waals surface area contributed by atoms with Gasteiger partial charge in [-0.05, 0) is 60.3 Å². The third kappa shape index (κ3) is 3.83. The largest absolute Gasteiger partial charge is 0.396 e. The Kier molecular flexibility index (Phi) is 5.18. The highest BCUT2D eigenvalue weighted by atomic mass is 16.2. The Balaban J connectivity index is 1.81. The standard InChI is InChI=1S/C16H20NO/c18-11-5-1-4-10-17-13-14-8-9-15-6-2-3-7-16(15)12-14/h2-3,6-7,9,12,17-18H,1,4-5,10-11,13H2. The lowest BCUT2D eigenvalue weighted by atomic mass is 10.1. The van der Waals surface area contributed by atoms with Crippen LogP contribution in [0.3, 0.4) is 0 Å². The van der Waals surface area contributed by atoms with E-state index in [-0.39, 0.29) is 0 Å². The molecule has 2 nitrogen and oxygen atoms in total. The lowest BCUT2D eigenvalue weighted by Gasteiger charge is -2.05. The monoisotopic (exact) mass is 242 g/mol. The zero-order valence-corrected chi connectivity index (χ0v) is 10.7. The van der Waals surface area contributed by atoms with Crippen molar-refractivity contribution >= 4 is 10.8 Å². The van der Waals surface area contributed by atoms with Crippen LogP contribution in [0.2, 0.25) is 0 Å². The summed E-state index contributed by atoms with van der Waals surface area (Å²) in [6, 6.07) is 15.9. The molecule has 95 valence electrons. The van der Waals surface area contributed by atoms with Crippen LogP contribution in [0.15, 0.2) is 36.4 Å². The molecule has 0 unspecified atom stereocenters. The summed E-state index contributed by atoms with van der Waals surface area (Å²) in [7, 11) is 0. The van der Waals surface area contributed by atoms with Gasteiger partial charge in [-0.25, -0.2) is 0 Å². The molecule has 0 fully saturated rings. The van der Waals surface area contributed by atoms with Gasteiger partial charge in [0.25, 0.3) is 0 Å². The molecule has 0 saturated heterocycles. The van der Waals surface area contributed by atoms with Crippen LogP contribution >= 0.6 is 0 Å². The van der Waals surface area contributed by atoms with E-state index in [1.807, 2.05) is 0 Å². The van der Waals surface area contributed by atoms with Crippen LogP contribution in [0, 0.1) is 6.07 Å². The van der Waals surface area contributed by atoms with Crippen molar-refractivity contribution in [3.63, 3.8) is 0 Å². The second-order valence-corrected chi connectivity index (χ2v) is 4.55. The number of fused-ring (bicyclic) bond motifs is 1. The van der Waals surface area contributed by atoms with Gasteiger partial charge in [-0.15, -0.1) is 0 Å². The number of nitrogens with one attached hydrogen (secondary N) is 1. The fourth-order valence-corrected chi connectivity index (χ4v) is 2.04. The molecular formula is C16H20NO. The van der Waals surface area contributed by atoms with Gasteiger partial charge in [-0.3, -0.25) is 0 Å². The van der Waals surface area contributed by atoms with Crippen molar-refractivity contribution in [2.75, 3.05) is 13.2 Å². The molecule has 2 heteroatoms. The van der Waals surface area contributed by atoms with Gasteiger partial charge < -0.3 is 10.4 Å².